The van der Waals surface area contributed by atoms with Crippen LogP contribution in [0.5, 0.6) is 5.75 Å². The number of nitrogens with one attached hydrogen (secondary N) is 1. The Labute approximate surface area is 89.6 Å². The summed E-state index contributed by atoms with van der Waals surface area (Å²) in [6.45, 7) is 4.26. The Morgan fingerprint density at radius 1 is 1.27 bits per heavy atom. The molecule has 15 heavy (non-hydrogen) atoms. The number of aromatic hydroxyl groups is 1. The SMILES string of the molecule is CC(C)c1ccc(O)cc1.CNC(=O)O. The fourth-order valence-corrected chi connectivity index (χ4v) is 0.859. The lowest BCUT2D eigenvalue weighted by Crippen LogP contribution is -2.13. The molecule has 0 unspecified atom stereocenters. The van der Waals surface area contributed by atoms with Crippen molar-refractivity contribution in [3.63, 3.8) is 0 Å². The van der Waals surface area contributed by atoms with Gasteiger partial charge in [0.25, 0.3) is 0 Å². The molecular formula is C11H17NO3. The van der Waals surface area contributed by atoms with Crippen LogP contribution < -0.4 is 5.32 Å². The van der Waals surface area contributed by atoms with Crippen molar-refractivity contribution in [2.75, 3.05) is 7.05 Å². The van der Waals surface area contributed by atoms with Gasteiger partial charge in [-0.05, 0) is 23.6 Å². The standard InChI is InChI=1S/C9H12O.C2H5NO2/c1-7(2)8-3-5-9(10)6-4-8;1-3-2(4)5/h3-7,10H,1-2H3;3H,1H3,(H,4,5). The maximum absolute atomic E-state index is 9.26. The predicted octanol–water partition coefficient (Wildman–Crippen LogP) is 2.40. The van der Waals surface area contributed by atoms with Gasteiger partial charge in [-0.25, -0.2) is 4.79 Å². The van der Waals surface area contributed by atoms with E-state index in [9.17, 15) is 4.79 Å². The Morgan fingerprint density at radius 3 is 1.93 bits per heavy atom. The number of amides is 1. The highest BCUT2D eigenvalue weighted by atomic mass is 16.4. The van der Waals surface area contributed by atoms with Crippen molar-refractivity contribution in [3.05, 3.63) is 29.8 Å². The number of phenols is 1. The van der Waals surface area contributed by atoms with Gasteiger partial charge in [0.05, 0.1) is 0 Å². The molecule has 0 aliphatic rings. The molecule has 0 fully saturated rings. The molecule has 3 N–H and O–H groups in total. The van der Waals surface area contributed by atoms with E-state index in [4.69, 9.17) is 10.2 Å². The van der Waals surface area contributed by atoms with E-state index in [0.717, 1.165) is 0 Å². The zero-order chi connectivity index (χ0) is 11.8. The summed E-state index contributed by atoms with van der Waals surface area (Å²) in [5.41, 5.74) is 1.26. The Balaban J connectivity index is 0.000000336. The number of hydrogen-bond donors (Lipinski definition) is 3. The molecule has 0 saturated carbocycles. The maximum Gasteiger partial charge on any atom is 0.404 e. The summed E-state index contributed by atoms with van der Waals surface area (Å²) in [5.74, 6) is 0.880. The summed E-state index contributed by atoms with van der Waals surface area (Å²) in [7, 11) is 1.35. The van der Waals surface area contributed by atoms with Crippen LogP contribution in [0.15, 0.2) is 24.3 Å². The van der Waals surface area contributed by atoms with Gasteiger partial charge in [-0.15, -0.1) is 0 Å². The van der Waals surface area contributed by atoms with Crippen LogP contribution in [0.3, 0.4) is 0 Å². The molecule has 0 aliphatic carbocycles. The van der Waals surface area contributed by atoms with E-state index in [-0.39, 0.29) is 0 Å². The van der Waals surface area contributed by atoms with Crippen LogP contribution in [0, 0.1) is 0 Å². The molecule has 1 aromatic carbocycles. The Bertz CT molecular complexity index is 293. The van der Waals surface area contributed by atoms with Gasteiger partial charge in [0, 0.05) is 7.05 Å². The summed E-state index contributed by atoms with van der Waals surface area (Å²) >= 11 is 0. The molecular weight excluding hydrogens is 194 g/mol. The van der Waals surface area contributed by atoms with E-state index >= 15 is 0 Å². The highest BCUT2D eigenvalue weighted by molar-refractivity contribution is 5.63. The number of carboxylic acid groups (broad SMARTS) is 1. The molecule has 0 aliphatic heterocycles. The molecule has 1 amide bonds. The Kier molecular flexibility index (Phi) is 5.94. The van der Waals surface area contributed by atoms with Crippen LogP contribution in [-0.4, -0.2) is 23.4 Å². The molecule has 0 radical (unpaired) electrons. The number of hydrogen-bond acceptors (Lipinski definition) is 2. The summed E-state index contributed by atoms with van der Waals surface area (Å²) in [6.07, 6.45) is -0.995. The topological polar surface area (TPSA) is 69.6 Å². The highest BCUT2D eigenvalue weighted by Gasteiger charge is 1.96. The van der Waals surface area contributed by atoms with Crippen LogP contribution in [0.2, 0.25) is 0 Å². The second-order valence-electron chi connectivity index (χ2n) is 3.30. The first-order valence-corrected chi connectivity index (χ1v) is 4.67. The van der Waals surface area contributed by atoms with Gasteiger partial charge in [-0.2, -0.15) is 0 Å². The largest absolute Gasteiger partial charge is 0.508 e. The van der Waals surface area contributed by atoms with Gasteiger partial charge < -0.3 is 15.5 Å². The summed E-state index contributed by atoms with van der Waals surface area (Å²) in [5, 5.41) is 18.5. The Morgan fingerprint density at radius 2 is 1.67 bits per heavy atom. The number of phenolic OH excluding ortho intramolecular Hbond substituents is 1. The monoisotopic (exact) mass is 211 g/mol. The third-order valence-corrected chi connectivity index (χ3v) is 1.77. The molecule has 0 heterocycles. The minimum absolute atomic E-state index is 0.337. The van der Waals surface area contributed by atoms with E-state index in [1.165, 1.54) is 12.6 Å². The molecule has 1 rings (SSSR count). The van der Waals surface area contributed by atoms with Crippen molar-refractivity contribution in [1.29, 1.82) is 0 Å². The first kappa shape index (κ1) is 13.3. The van der Waals surface area contributed by atoms with Gasteiger partial charge in [0.2, 0.25) is 0 Å². The van der Waals surface area contributed by atoms with Crippen LogP contribution in [0.4, 0.5) is 4.79 Å². The fraction of sp³-hybridized carbons (Fsp3) is 0.364. The molecule has 84 valence electrons. The normalized spacial score (nSPS) is 9.07. The quantitative estimate of drug-likeness (QED) is 0.668. The summed E-state index contributed by atoms with van der Waals surface area (Å²) < 4.78 is 0. The molecule has 0 spiro atoms. The smallest absolute Gasteiger partial charge is 0.404 e. The van der Waals surface area contributed by atoms with Gasteiger partial charge in [-0.3, -0.25) is 0 Å². The van der Waals surface area contributed by atoms with Crippen LogP contribution in [0.1, 0.15) is 25.3 Å². The molecule has 0 aromatic heterocycles. The molecule has 4 heteroatoms. The van der Waals surface area contributed by atoms with Crippen molar-refractivity contribution in [2.45, 2.75) is 19.8 Å². The van der Waals surface area contributed by atoms with Gasteiger partial charge in [-0.1, -0.05) is 26.0 Å². The first-order valence-electron chi connectivity index (χ1n) is 4.67. The zero-order valence-corrected chi connectivity index (χ0v) is 9.19. The number of rotatable bonds is 1. The third kappa shape index (κ3) is 6.37. The van der Waals surface area contributed by atoms with Gasteiger partial charge in [0.1, 0.15) is 5.75 Å². The third-order valence-electron chi connectivity index (χ3n) is 1.77. The lowest BCUT2D eigenvalue weighted by Gasteiger charge is -2.03. The van der Waals surface area contributed by atoms with Crippen molar-refractivity contribution in [1.82, 2.24) is 5.32 Å². The number of carbonyl (C=O) groups is 1. The minimum Gasteiger partial charge on any atom is -0.508 e. The van der Waals surface area contributed by atoms with Crippen LogP contribution in [-0.2, 0) is 0 Å². The zero-order valence-electron chi connectivity index (χ0n) is 9.19. The molecule has 0 atom stereocenters. The van der Waals surface area contributed by atoms with Crippen LogP contribution in [0.25, 0.3) is 0 Å². The second kappa shape index (κ2) is 6.70. The van der Waals surface area contributed by atoms with Gasteiger partial charge >= 0.3 is 6.09 Å². The lowest BCUT2D eigenvalue weighted by molar-refractivity contribution is 0.197. The average molecular weight is 211 g/mol. The molecule has 0 saturated heterocycles. The molecule has 4 nitrogen and oxygen atoms in total. The molecule has 0 bridgehead atoms. The van der Waals surface area contributed by atoms with E-state index < -0.39 is 6.09 Å². The van der Waals surface area contributed by atoms with E-state index in [0.29, 0.717) is 11.7 Å². The highest BCUT2D eigenvalue weighted by Crippen LogP contribution is 2.16. The van der Waals surface area contributed by atoms with Crippen molar-refractivity contribution >= 4 is 6.09 Å². The average Bonchev–Trinajstić information content (AvgIpc) is 2.19. The van der Waals surface area contributed by atoms with Crippen molar-refractivity contribution < 1.29 is 15.0 Å². The van der Waals surface area contributed by atoms with E-state index in [2.05, 4.69) is 13.8 Å². The maximum atomic E-state index is 9.26. The summed E-state index contributed by atoms with van der Waals surface area (Å²) in [4.78, 5) is 9.26. The number of benzene rings is 1. The minimum atomic E-state index is -0.995. The summed E-state index contributed by atoms with van der Waals surface area (Å²) in [6, 6.07) is 7.32. The first-order chi connectivity index (χ1) is 6.97. The van der Waals surface area contributed by atoms with Gasteiger partial charge in [0.15, 0.2) is 0 Å². The lowest BCUT2D eigenvalue weighted by atomic mass is 10.0. The Hall–Kier alpha value is -1.71. The predicted molar refractivity (Wildman–Crippen MR) is 59.3 cm³/mol. The van der Waals surface area contributed by atoms with Crippen LogP contribution >= 0.6 is 0 Å². The van der Waals surface area contributed by atoms with E-state index in [1.807, 2.05) is 17.4 Å². The van der Waals surface area contributed by atoms with Crippen molar-refractivity contribution in [2.24, 2.45) is 0 Å². The molecule has 1 aromatic rings. The fourth-order valence-electron chi connectivity index (χ4n) is 0.859. The van der Waals surface area contributed by atoms with Crippen molar-refractivity contribution in [3.8, 4) is 5.75 Å². The second-order valence-corrected chi connectivity index (χ2v) is 3.30. The van der Waals surface area contributed by atoms with E-state index in [1.54, 1.807) is 12.1 Å².